The Balaban J connectivity index is 2.10. The maximum atomic E-state index is 11.8. The Hall–Kier alpha value is -1.96. The first-order valence-corrected chi connectivity index (χ1v) is 6.36. The van der Waals surface area contributed by atoms with Gasteiger partial charge in [0, 0.05) is 15.7 Å². The number of hydrogen-bond acceptors (Lipinski definition) is 4. The zero-order chi connectivity index (χ0) is 13.8. The smallest absolute Gasteiger partial charge is 0.343 e. The van der Waals surface area contributed by atoms with Gasteiger partial charge in [0.2, 0.25) is 0 Å². The van der Waals surface area contributed by atoms with E-state index >= 15 is 0 Å². The summed E-state index contributed by atoms with van der Waals surface area (Å²) in [4.78, 5) is 21.8. The first-order valence-electron chi connectivity index (χ1n) is 5.28. The summed E-state index contributed by atoms with van der Waals surface area (Å²) in [6.45, 7) is 0. The van der Waals surface area contributed by atoms with E-state index < -0.39 is 10.9 Å². The van der Waals surface area contributed by atoms with Crippen molar-refractivity contribution in [3.05, 3.63) is 67.8 Å². The maximum Gasteiger partial charge on any atom is 0.343 e. The van der Waals surface area contributed by atoms with Gasteiger partial charge >= 0.3 is 5.97 Å². The highest BCUT2D eigenvalue weighted by Crippen LogP contribution is 2.18. The number of carbonyl (C=O) groups is 1. The summed E-state index contributed by atoms with van der Waals surface area (Å²) < 4.78 is 6.13. The van der Waals surface area contributed by atoms with Crippen LogP contribution in [-0.2, 0) is 0 Å². The highest BCUT2D eigenvalue weighted by molar-refractivity contribution is 14.1. The quantitative estimate of drug-likeness (QED) is 0.273. The lowest BCUT2D eigenvalue weighted by Crippen LogP contribution is -2.08. The number of esters is 1. The van der Waals surface area contributed by atoms with Crippen LogP contribution in [0.25, 0.3) is 0 Å². The Morgan fingerprint density at radius 3 is 2.16 bits per heavy atom. The summed E-state index contributed by atoms with van der Waals surface area (Å²) in [6, 6.07) is 12.3. The van der Waals surface area contributed by atoms with Crippen molar-refractivity contribution < 1.29 is 14.5 Å². The number of nitrogens with zero attached hydrogens (tertiary/aromatic N) is 1. The van der Waals surface area contributed by atoms with Crippen molar-refractivity contribution in [1.82, 2.24) is 0 Å². The summed E-state index contributed by atoms with van der Waals surface area (Å²) >= 11 is 2.14. The molecule has 19 heavy (non-hydrogen) atoms. The number of nitro benzene ring substituents is 1. The van der Waals surface area contributed by atoms with Crippen LogP contribution in [0, 0.1) is 13.7 Å². The summed E-state index contributed by atoms with van der Waals surface area (Å²) in [6.07, 6.45) is 0. The van der Waals surface area contributed by atoms with Crippen LogP contribution in [0.5, 0.6) is 5.75 Å². The number of hydrogen-bond donors (Lipinski definition) is 0. The molecule has 0 amide bonds. The molecule has 2 aromatic rings. The number of rotatable bonds is 3. The predicted octanol–water partition coefficient (Wildman–Crippen LogP) is 3.42. The summed E-state index contributed by atoms with van der Waals surface area (Å²) in [5.74, 6) is -0.223. The van der Waals surface area contributed by atoms with Gasteiger partial charge in [0.25, 0.3) is 5.69 Å². The molecule has 0 spiro atoms. The summed E-state index contributed by atoms with van der Waals surface area (Å²) in [5.41, 5.74) is 0.382. The maximum absolute atomic E-state index is 11.8. The van der Waals surface area contributed by atoms with Gasteiger partial charge in [-0.1, -0.05) is 0 Å². The fourth-order valence-corrected chi connectivity index (χ4v) is 1.75. The van der Waals surface area contributed by atoms with Crippen molar-refractivity contribution in [2.24, 2.45) is 0 Å². The Kier molecular flexibility index (Phi) is 4.10. The second-order valence-corrected chi connectivity index (χ2v) is 4.89. The third-order valence-corrected chi connectivity index (χ3v) is 3.06. The summed E-state index contributed by atoms with van der Waals surface area (Å²) in [5, 5.41) is 10.5. The van der Waals surface area contributed by atoms with E-state index in [4.69, 9.17) is 4.74 Å². The van der Waals surface area contributed by atoms with E-state index in [1.807, 2.05) is 0 Å². The number of non-ortho nitro benzene ring substituents is 1. The molecule has 0 N–H and O–H groups in total. The molecule has 2 rings (SSSR count). The Morgan fingerprint density at radius 1 is 1.05 bits per heavy atom. The Morgan fingerprint density at radius 2 is 1.63 bits per heavy atom. The number of halogens is 1. The molecule has 0 saturated heterocycles. The molecule has 0 aromatic heterocycles. The largest absolute Gasteiger partial charge is 0.423 e. The molecule has 0 bridgehead atoms. The molecule has 0 aliphatic rings. The van der Waals surface area contributed by atoms with Gasteiger partial charge < -0.3 is 4.74 Å². The van der Waals surface area contributed by atoms with E-state index in [0.717, 1.165) is 3.57 Å². The molecular weight excluding hydrogens is 361 g/mol. The average Bonchev–Trinajstić information content (AvgIpc) is 2.40. The van der Waals surface area contributed by atoms with Gasteiger partial charge in [-0.3, -0.25) is 10.1 Å². The molecule has 2 aromatic carbocycles. The third kappa shape index (κ3) is 3.50. The predicted molar refractivity (Wildman–Crippen MR) is 77.2 cm³/mol. The minimum atomic E-state index is -0.509. The van der Waals surface area contributed by atoms with Crippen LogP contribution in [0.3, 0.4) is 0 Å². The highest BCUT2D eigenvalue weighted by atomic mass is 127. The molecular formula is C13H8INO4. The van der Waals surface area contributed by atoms with E-state index in [0.29, 0.717) is 5.56 Å². The molecule has 0 saturated carbocycles. The zero-order valence-corrected chi connectivity index (χ0v) is 11.7. The second-order valence-electron chi connectivity index (χ2n) is 3.65. The first kappa shape index (κ1) is 13.5. The van der Waals surface area contributed by atoms with Crippen molar-refractivity contribution >= 4 is 34.2 Å². The minimum Gasteiger partial charge on any atom is -0.423 e. The second kappa shape index (κ2) is 5.79. The van der Waals surface area contributed by atoms with Gasteiger partial charge in [-0.15, -0.1) is 0 Å². The normalized spacial score (nSPS) is 9.95. The zero-order valence-electron chi connectivity index (χ0n) is 9.58. The van der Waals surface area contributed by atoms with Crippen LogP contribution >= 0.6 is 22.6 Å². The van der Waals surface area contributed by atoms with Gasteiger partial charge in [0.05, 0.1) is 10.5 Å². The van der Waals surface area contributed by atoms with Gasteiger partial charge in [-0.05, 0) is 59.0 Å². The van der Waals surface area contributed by atoms with Crippen molar-refractivity contribution in [2.75, 3.05) is 0 Å². The topological polar surface area (TPSA) is 69.4 Å². The molecule has 0 atom stereocenters. The average molecular weight is 369 g/mol. The molecule has 0 fully saturated rings. The van der Waals surface area contributed by atoms with Crippen molar-refractivity contribution in [3.63, 3.8) is 0 Å². The molecule has 0 heterocycles. The standard InChI is InChI=1S/C13H8INO4/c14-10-3-1-9(2-4-10)13(16)19-12-7-5-11(6-8-12)15(17)18/h1-8H. The van der Waals surface area contributed by atoms with Gasteiger partial charge in [0.1, 0.15) is 5.75 Å². The lowest BCUT2D eigenvalue weighted by Gasteiger charge is -2.04. The van der Waals surface area contributed by atoms with E-state index in [1.54, 1.807) is 24.3 Å². The summed E-state index contributed by atoms with van der Waals surface area (Å²) in [7, 11) is 0. The highest BCUT2D eigenvalue weighted by Gasteiger charge is 2.10. The fraction of sp³-hybridized carbons (Fsp3) is 0. The SMILES string of the molecule is O=C(Oc1ccc([N+](=O)[O-])cc1)c1ccc(I)cc1. The van der Waals surface area contributed by atoms with Crippen LogP contribution in [-0.4, -0.2) is 10.9 Å². The van der Waals surface area contributed by atoms with Gasteiger partial charge in [-0.25, -0.2) is 4.79 Å². The van der Waals surface area contributed by atoms with Crippen LogP contribution < -0.4 is 4.74 Å². The van der Waals surface area contributed by atoms with E-state index in [9.17, 15) is 14.9 Å². The first-order chi connectivity index (χ1) is 9.06. The van der Waals surface area contributed by atoms with Crippen LogP contribution in [0.4, 0.5) is 5.69 Å². The number of benzene rings is 2. The lowest BCUT2D eigenvalue weighted by molar-refractivity contribution is -0.384. The minimum absolute atomic E-state index is 0.0472. The fourth-order valence-electron chi connectivity index (χ4n) is 1.39. The Labute approximate surface area is 122 Å². The van der Waals surface area contributed by atoms with Crippen LogP contribution in [0.15, 0.2) is 48.5 Å². The van der Waals surface area contributed by atoms with E-state index in [-0.39, 0.29) is 11.4 Å². The molecule has 0 unspecified atom stereocenters. The van der Waals surface area contributed by atoms with Crippen LogP contribution in [0.1, 0.15) is 10.4 Å². The van der Waals surface area contributed by atoms with Crippen LogP contribution in [0.2, 0.25) is 0 Å². The van der Waals surface area contributed by atoms with Crippen molar-refractivity contribution in [1.29, 1.82) is 0 Å². The molecule has 0 aliphatic carbocycles. The van der Waals surface area contributed by atoms with Gasteiger partial charge in [-0.2, -0.15) is 0 Å². The van der Waals surface area contributed by atoms with Crippen molar-refractivity contribution in [2.45, 2.75) is 0 Å². The molecule has 96 valence electrons. The molecule has 5 nitrogen and oxygen atoms in total. The van der Waals surface area contributed by atoms with Gasteiger partial charge in [0.15, 0.2) is 0 Å². The number of nitro groups is 1. The number of carbonyl (C=O) groups excluding carboxylic acids is 1. The van der Waals surface area contributed by atoms with Crippen molar-refractivity contribution in [3.8, 4) is 5.75 Å². The molecule has 6 heteroatoms. The monoisotopic (exact) mass is 369 g/mol. The molecule has 0 aliphatic heterocycles. The lowest BCUT2D eigenvalue weighted by atomic mass is 10.2. The molecule has 0 radical (unpaired) electrons. The number of ether oxygens (including phenoxy) is 1. The third-order valence-electron chi connectivity index (χ3n) is 2.34. The van der Waals surface area contributed by atoms with E-state index in [1.165, 1.54) is 24.3 Å². The Bertz CT molecular complexity index is 608. The van der Waals surface area contributed by atoms with E-state index in [2.05, 4.69) is 22.6 Å².